The van der Waals surface area contributed by atoms with Gasteiger partial charge in [0.2, 0.25) is 0 Å². The third-order valence-corrected chi connectivity index (χ3v) is 6.68. The lowest BCUT2D eigenvalue weighted by Gasteiger charge is -2.46. The number of ether oxygens (including phenoxy) is 1. The minimum atomic E-state index is -0.0928. The van der Waals surface area contributed by atoms with Crippen molar-refractivity contribution < 1.29 is 9.53 Å². The zero-order valence-electron chi connectivity index (χ0n) is 12.2. The zero-order valence-corrected chi connectivity index (χ0v) is 12.2. The molecular weight excluding hydrogens is 224 g/mol. The lowest BCUT2D eigenvalue weighted by Crippen LogP contribution is -2.47. The summed E-state index contributed by atoms with van der Waals surface area (Å²) in [7, 11) is 0. The van der Waals surface area contributed by atoms with Crippen molar-refractivity contribution in [1.82, 2.24) is 0 Å². The molecule has 0 aromatic carbocycles. The number of fused-ring (bicyclic) bond motifs is 3. The van der Waals surface area contributed by atoms with Gasteiger partial charge in [-0.2, -0.15) is 0 Å². The number of Topliss-reactive ketones (excluding diaryl/α,β-unsaturated/α-hetero) is 1. The van der Waals surface area contributed by atoms with Crippen molar-refractivity contribution in [1.29, 1.82) is 0 Å². The van der Waals surface area contributed by atoms with Crippen LogP contribution in [0.3, 0.4) is 0 Å². The first kappa shape index (κ1) is 12.3. The van der Waals surface area contributed by atoms with Gasteiger partial charge in [0.1, 0.15) is 11.4 Å². The molecule has 0 aromatic heterocycles. The van der Waals surface area contributed by atoms with Gasteiger partial charge in [-0.05, 0) is 44.4 Å². The van der Waals surface area contributed by atoms with Gasteiger partial charge >= 0.3 is 0 Å². The molecule has 3 aliphatic rings. The van der Waals surface area contributed by atoms with Crippen molar-refractivity contribution in [2.75, 3.05) is 0 Å². The highest BCUT2D eigenvalue weighted by Crippen LogP contribution is 2.73. The molecule has 2 bridgehead atoms. The standard InChI is InChI=1S/C16H24O2/c1-10(17)13-9-16(18-11(13)2)8-12-6-7-15(16,5)14(12,3)4/h12H,6-9H2,1-5H3/t12-,15-,16?/m1/s1. The second kappa shape index (κ2) is 3.20. The molecule has 18 heavy (non-hydrogen) atoms. The molecule has 2 aliphatic carbocycles. The van der Waals surface area contributed by atoms with Crippen molar-refractivity contribution in [2.24, 2.45) is 16.7 Å². The molecule has 0 amide bonds. The Bertz CT molecular complexity index is 460. The molecule has 0 radical (unpaired) electrons. The predicted octanol–water partition coefficient (Wildman–Crippen LogP) is 3.85. The van der Waals surface area contributed by atoms with Crippen LogP contribution in [0.1, 0.15) is 60.3 Å². The molecule has 2 nitrogen and oxygen atoms in total. The molecule has 0 aromatic rings. The third kappa shape index (κ3) is 1.13. The van der Waals surface area contributed by atoms with E-state index < -0.39 is 0 Å². The van der Waals surface area contributed by atoms with Gasteiger partial charge in [0.05, 0.1) is 0 Å². The van der Waals surface area contributed by atoms with Crippen molar-refractivity contribution in [3.8, 4) is 0 Å². The summed E-state index contributed by atoms with van der Waals surface area (Å²) in [5, 5.41) is 0. The smallest absolute Gasteiger partial charge is 0.159 e. The summed E-state index contributed by atoms with van der Waals surface area (Å²) in [6, 6.07) is 0. The maximum absolute atomic E-state index is 11.7. The monoisotopic (exact) mass is 248 g/mol. The van der Waals surface area contributed by atoms with E-state index in [4.69, 9.17) is 4.74 Å². The van der Waals surface area contributed by atoms with Crippen molar-refractivity contribution in [3.05, 3.63) is 11.3 Å². The van der Waals surface area contributed by atoms with Gasteiger partial charge in [-0.1, -0.05) is 20.8 Å². The van der Waals surface area contributed by atoms with Crippen LogP contribution in [-0.4, -0.2) is 11.4 Å². The normalized spacial score (nSPS) is 44.8. The summed E-state index contributed by atoms with van der Waals surface area (Å²) in [6.07, 6.45) is 4.53. The molecule has 3 rings (SSSR count). The average Bonchev–Trinajstić information content (AvgIpc) is 2.75. The molecule has 0 saturated heterocycles. The molecule has 1 heterocycles. The van der Waals surface area contributed by atoms with E-state index in [0.717, 1.165) is 30.1 Å². The second-order valence-corrected chi connectivity index (χ2v) is 7.36. The van der Waals surface area contributed by atoms with E-state index in [0.29, 0.717) is 5.41 Å². The quantitative estimate of drug-likeness (QED) is 0.704. The first-order valence-corrected chi connectivity index (χ1v) is 7.13. The van der Waals surface area contributed by atoms with E-state index in [-0.39, 0.29) is 16.8 Å². The highest BCUT2D eigenvalue weighted by atomic mass is 16.5. The van der Waals surface area contributed by atoms with Crippen LogP contribution in [0, 0.1) is 16.7 Å². The number of rotatable bonds is 1. The molecule has 2 saturated carbocycles. The topological polar surface area (TPSA) is 26.3 Å². The van der Waals surface area contributed by atoms with Crippen LogP contribution in [0.15, 0.2) is 11.3 Å². The number of ketones is 1. The molecule has 1 spiro atoms. The Morgan fingerprint density at radius 1 is 1.33 bits per heavy atom. The first-order valence-electron chi connectivity index (χ1n) is 7.13. The van der Waals surface area contributed by atoms with Crippen LogP contribution >= 0.6 is 0 Å². The molecule has 1 unspecified atom stereocenters. The van der Waals surface area contributed by atoms with Crippen LogP contribution in [0.25, 0.3) is 0 Å². The third-order valence-electron chi connectivity index (χ3n) is 6.68. The highest BCUT2D eigenvalue weighted by molar-refractivity contribution is 5.94. The summed E-state index contributed by atoms with van der Waals surface area (Å²) in [5.74, 6) is 1.82. The SMILES string of the molecule is CC(=O)C1=C(C)OC2(C1)C[C@H]1CC[C@]2(C)C1(C)C. The van der Waals surface area contributed by atoms with Crippen molar-refractivity contribution >= 4 is 5.78 Å². The Kier molecular flexibility index (Phi) is 2.18. The summed E-state index contributed by atoms with van der Waals surface area (Å²) >= 11 is 0. The number of carbonyl (C=O) groups is 1. The van der Waals surface area contributed by atoms with Crippen LogP contribution in [-0.2, 0) is 9.53 Å². The Morgan fingerprint density at radius 3 is 2.39 bits per heavy atom. The molecule has 1 aliphatic heterocycles. The molecule has 100 valence electrons. The van der Waals surface area contributed by atoms with Gasteiger partial charge in [-0.15, -0.1) is 0 Å². The van der Waals surface area contributed by atoms with Crippen LogP contribution < -0.4 is 0 Å². The maximum atomic E-state index is 11.7. The minimum absolute atomic E-state index is 0.0928. The van der Waals surface area contributed by atoms with E-state index in [2.05, 4.69) is 20.8 Å². The van der Waals surface area contributed by atoms with E-state index >= 15 is 0 Å². The zero-order chi connectivity index (χ0) is 13.3. The summed E-state index contributed by atoms with van der Waals surface area (Å²) < 4.78 is 6.32. The average molecular weight is 248 g/mol. The largest absolute Gasteiger partial charge is 0.491 e. The Balaban J connectivity index is 2.00. The lowest BCUT2D eigenvalue weighted by molar-refractivity contribution is -0.114. The van der Waals surface area contributed by atoms with Crippen molar-refractivity contribution in [3.63, 3.8) is 0 Å². The fourth-order valence-electron chi connectivity index (χ4n) is 4.99. The Labute approximate surface area is 110 Å². The fraction of sp³-hybridized carbons (Fsp3) is 0.812. The van der Waals surface area contributed by atoms with Gasteiger partial charge < -0.3 is 4.74 Å². The highest BCUT2D eigenvalue weighted by Gasteiger charge is 2.71. The molecule has 3 atom stereocenters. The number of allylic oxidation sites excluding steroid dienone is 1. The molecular formula is C16H24O2. The molecule has 2 heteroatoms. The first-order chi connectivity index (χ1) is 8.23. The van der Waals surface area contributed by atoms with Gasteiger partial charge in [-0.25, -0.2) is 0 Å². The van der Waals surface area contributed by atoms with E-state index in [1.54, 1.807) is 6.92 Å². The second-order valence-electron chi connectivity index (χ2n) is 7.36. The Hall–Kier alpha value is -0.790. The summed E-state index contributed by atoms with van der Waals surface area (Å²) in [5.41, 5.74) is 1.38. The number of carbonyl (C=O) groups excluding carboxylic acids is 1. The van der Waals surface area contributed by atoms with Gasteiger partial charge in [-0.3, -0.25) is 4.79 Å². The molecule has 0 N–H and O–H groups in total. The van der Waals surface area contributed by atoms with Gasteiger partial charge in [0.25, 0.3) is 0 Å². The lowest BCUT2D eigenvalue weighted by atomic mass is 9.63. The predicted molar refractivity (Wildman–Crippen MR) is 71.0 cm³/mol. The van der Waals surface area contributed by atoms with Crippen LogP contribution in [0.2, 0.25) is 0 Å². The number of hydrogen-bond donors (Lipinski definition) is 0. The maximum Gasteiger partial charge on any atom is 0.159 e. The van der Waals surface area contributed by atoms with Crippen LogP contribution in [0.4, 0.5) is 0 Å². The van der Waals surface area contributed by atoms with E-state index in [1.807, 2.05) is 6.92 Å². The van der Waals surface area contributed by atoms with E-state index in [9.17, 15) is 4.79 Å². The summed E-state index contributed by atoms with van der Waals surface area (Å²) in [6.45, 7) is 10.8. The molecule has 2 fully saturated rings. The van der Waals surface area contributed by atoms with Gasteiger partial charge in [0.15, 0.2) is 5.78 Å². The Morgan fingerprint density at radius 2 is 2.00 bits per heavy atom. The summed E-state index contributed by atoms with van der Waals surface area (Å²) in [4.78, 5) is 11.7. The fourth-order valence-corrected chi connectivity index (χ4v) is 4.99. The van der Waals surface area contributed by atoms with Crippen LogP contribution in [0.5, 0.6) is 0 Å². The van der Waals surface area contributed by atoms with Gasteiger partial charge in [0, 0.05) is 17.4 Å². The minimum Gasteiger partial charge on any atom is -0.491 e. The van der Waals surface area contributed by atoms with Crippen molar-refractivity contribution in [2.45, 2.75) is 65.9 Å². The van der Waals surface area contributed by atoms with E-state index in [1.165, 1.54) is 12.8 Å². The number of hydrogen-bond acceptors (Lipinski definition) is 2.